The number of ether oxygens (including phenoxy) is 6. The van der Waals surface area contributed by atoms with Gasteiger partial charge >= 0.3 is 30.0 Å². The van der Waals surface area contributed by atoms with Crippen LogP contribution in [0.25, 0.3) is 0 Å². The first-order valence-electron chi connectivity index (χ1n) is 29.2. The Balaban J connectivity index is 4.68. The number of hydrogen-bond donors (Lipinski definition) is 0. The van der Waals surface area contributed by atoms with Gasteiger partial charge in [-0.25, -0.2) is 9.59 Å². The number of carbonyl (C=O) groups excluding carboxylic acids is 5. The van der Waals surface area contributed by atoms with Crippen LogP contribution in [0.4, 0.5) is 4.79 Å². The number of esters is 4. The summed E-state index contributed by atoms with van der Waals surface area (Å²) in [6.45, 7) is 13.9. The van der Waals surface area contributed by atoms with Gasteiger partial charge in [-0.05, 0) is 97.9 Å². The monoisotopic (exact) mass is 996 g/mol. The maximum absolute atomic E-state index is 13.1. The number of carbonyl (C=O) groups is 5. The SMILES string of the molecule is CCCCCCCCC(CCCCCC)OC(=O)CCCCCCCOC(=O)CCC(OC(=O)OCCN(C)C(C)C)C(=O)OCCCCCCCC(=O)OC(CCCCCC)CCCCCCCC. The van der Waals surface area contributed by atoms with Gasteiger partial charge in [-0.15, -0.1) is 0 Å². The largest absolute Gasteiger partial charge is 0.509 e. The molecule has 0 N–H and O–H groups in total. The smallest absolute Gasteiger partial charge is 0.466 e. The third-order valence-corrected chi connectivity index (χ3v) is 13.3. The summed E-state index contributed by atoms with van der Waals surface area (Å²) in [6.07, 6.45) is 34.6. The molecule has 0 fully saturated rings. The van der Waals surface area contributed by atoms with Crippen molar-refractivity contribution in [2.24, 2.45) is 0 Å². The standard InChI is InChI=1S/C58H109NO11/c1-8-12-16-20-24-32-40-51(38-30-18-14-10-3)68-55(61)42-34-26-22-28-36-47-65-54(60)45-44-53(70-58(64)67-49-46-59(7)50(5)6)57(63)66-48-37-29-23-27-35-43-56(62)69-52(39-31-19-15-11-4)41-33-25-21-17-13-9-2/h50-53H,8-49H2,1-7H3. The first kappa shape index (κ1) is 67.1. The molecule has 0 spiro atoms. The van der Waals surface area contributed by atoms with Crippen LogP contribution in [0.15, 0.2) is 0 Å². The van der Waals surface area contributed by atoms with Crippen molar-refractivity contribution in [2.45, 2.75) is 310 Å². The van der Waals surface area contributed by atoms with E-state index in [1.807, 2.05) is 25.8 Å². The molecule has 12 nitrogen and oxygen atoms in total. The summed E-state index contributed by atoms with van der Waals surface area (Å²) in [5.74, 6) is -1.39. The van der Waals surface area contributed by atoms with Gasteiger partial charge in [-0.1, -0.05) is 169 Å². The van der Waals surface area contributed by atoms with E-state index in [0.717, 1.165) is 103 Å². The van der Waals surface area contributed by atoms with Crippen LogP contribution in [0.2, 0.25) is 0 Å². The van der Waals surface area contributed by atoms with E-state index in [2.05, 4.69) is 27.7 Å². The molecule has 0 aromatic carbocycles. The average Bonchev–Trinajstić information content (AvgIpc) is 3.33. The van der Waals surface area contributed by atoms with Crippen molar-refractivity contribution in [3.05, 3.63) is 0 Å². The normalized spacial score (nSPS) is 12.7. The summed E-state index contributed by atoms with van der Waals surface area (Å²) in [7, 11) is 1.92. The van der Waals surface area contributed by atoms with Gasteiger partial charge in [0.05, 0.1) is 13.2 Å². The summed E-state index contributed by atoms with van der Waals surface area (Å²) >= 11 is 0. The highest BCUT2D eigenvalue weighted by Crippen LogP contribution is 2.20. The Morgan fingerprint density at radius 1 is 0.371 bits per heavy atom. The van der Waals surface area contributed by atoms with Crippen LogP contribution in [0.5, 0.6) is 0 Å². The Morgan fingerprint density at radius 2 is 0.743 bits per heavy atom. The molecule has 0 radical (unpaired) electrons. The van der Waals surface area contributed by atoms with Gasteiger partial charge in [0, 0.05) is 38.3 Å². The minimum absolute atomic E-state index is 0.0247. The van der Waals surface area contributed by atoms with Crippen molar-refractivity contribution in [1.29, 1.82) is 0 Å². The predicted molar refractivity (Wildman–Crippen MR) is 284 cm³/mol. The fourth-order valence-electron chi connectivity index (χ4n) is 8.40. The Bertz CT molecular complexity index is 1250. The van der Waals surface area contributed by atoms with Crippen LogP contribution in [0.3, 0.4) is 0 Å². The lowest BCUT2D eigenvalue weighted by molar-refractivity contribution is -0.157. The van der Waals surface area contributed by atoms with Crippen molar-refractivity contribution in [3.63, 3.8) is 0 Å². The lowest BCUT2D eigenvalue weighted by Gasteiger charge is -2.21. The second-order valence-corrected chi connectivity index (χ2v) is 20.3. The van der Waals surface area contributed by atoms with Crippen LogP contribution in [-0.2, 0) is 47.6 Å². The lowest BCUT2D eigenvalue weighted by Crippen LogP contribution is -2.33. The first-order chi connectivity index (χ1) is 34.0. The van der Waals surface area contributed by atoms with Crippen molar-refractivity contribution >= 4 is 30.0 Å². The molecule has 12 heteroatoms. The van der Waals surface area contributed by atoms with E-state index in [1.54, 1.807) is 0 Å². The van der Waals surface area contributed by atoms with E-state index in [1.165, 1.54) is 103 Å². The van der Waals surface area contributed by atoms with Crippen LogP contribution < -0.4 is 0 Å². The number of unbranched alkanes of at least 4 members (excludes halogenated alkanes) is 24. The van der Waals surface area contributed by atoms with Gasteiger partial charge in [0.2, 0.25) is 6.10 Å². The number of nitrogens with zero attached hydrogens (tertiary/aromatic N) is 1. The van der Waals surface area contributed by atoms with Crippen LogP contribution in [-0.4, -0.2) is 92.7 Å². The first-order valence-corrected chi connectivity index (χ1v) is 29.2. The fraction of sp³-hybridized carbons (Fsp3) is 0.914. The molecule has 0 aliphatic heterocycles. The molecule has 0 amide bonds. The van der Waals surface area contributed by atoms with E-state index in [9.17, 15) is 24.0 Å². The molecule has 3 unspecified atom stereocenters. The third-order valence-electron chi connectivity index (χ3n) is 13.3. The minimum Gasteiger partial charge on any atom is -0.466 e. The van der Waals surface area contributed by atoms with Gasteiger partial charge in [0.25, 0.3) is 0 Å². The van der Waals surface area contributed by atoms with Crippen molar-refractivity contribution in [2.75, 3.05) is 33.4 Å². The molecule has 70 heavy (non-hydrogen) atoms. The van der Waals surface area contributed by atoms with E-state index in [4.69, 9.17) is 28.4 Å². The highest BCUT2D eigenvalue weighted by molar-refractivity contribution is 5.78. The lowest BCUT2D eigenvalue weighted by atomic mass is 10.0. The van der Waals surface area contributed by atoms with Gasteiger partial charge in [0.1, 0.15) is 18.8 Å². The topological polar surface area (TPSA) is 144 Å². The summed E-state index contributed by atoms with van der Waals surface area (Å²) in [4.78, 5) is 65.8. The van der Waals surface area contributed by atoms with Crippen molar-refractivity contribution in [3.8, 4) is 0 Å². The maximum atomic E-state index is 13.1. The van der Waals surface area contributed by atoms with E-state index >= 15 is 0 Å². The van der Waals surface area contributed by atoms with Crippen molar-refractivity contribution < 1.29 is 52.4 Å². The van der Waals surface area contributed by atoms with Crippen LogP contribution in [0, 0.1) is 0 Å². The molecule has 0 saturated carbocycles. The molecule has 0 bridgehead atoms. The minimum atomic E-state index is -1.30. The fourth-order valence-corrected chi connectivity index (χ4v) is 8.40. The van der Waals surface area contributed by atoms with Gasteiger partial charge < -0.3 is 33.3 Å². The summed E-state index contributed by atoms with van der Waals surface area (Å²) in [6, 6.07) is 0.269. The second-order valence-electron chi connectivity index (χ2n) is 20.3. The Kier molecular flexibility index (Phi) is 47.6. The van der Waals surface area contributed by atoms with Gasteiger partial charge in [-0.3, -0.25) is 14.4 Å². The Morgan fingerprint density at radius 3 is 1.17 bits per heavy atom. The number of hydrogen-bond acceptors (Lipinski definition) is 12. The molecule has 412 valence electrons. The van der Waals surface area contributed by atoms with E-state index < -0.39 is 24.2 Å². The molecule has 0 aliphatic carbocycles. The number of likely N-dealkylation sites (N-methyl/N-ethyl adjacent to an activating group) is 1. The van der Waals surface area contributed by atoms with E-state index in [0.29, 0.717) is 32.2 Å². The molecule has 3 atom stereocenters. The zero-order chi connectivity index (χ0) is 51.7. The predicted octanol–water partition coefficient (Wildman–Crippen LogP) is 15.7. The molecule has 0 aromatic rings. The van der Waals surface area contributed by atoms with E-state index in [-0.39, 0.29) is 62.9 Å². The zero-order valence-corrected chi connectivity index (χ0v) is 46.4. The van der Waals surface area contributed by atoms with Gasteiger partial charge in [0.15, 0.2) is 0 Å². The van der Waals surface area contributed by atoms with Crippen LogP contribution in [0.1, 0.15) is 286 Å². The summed E-state index contributed by atoms with van der Waals surface area (Å²) in [5.41, 5.74) is 0. The molecule has 0 aliphatic rings. The summed E-state index contributed by atoms with van der Waals surface area (Å²) in [5, 5.41) is 0. The molecule has 0 saturated heterocycles. The molecule has 0 rings (SSSR count). The maximum Gasteiger partial charge on any atom is 0.509 e. The second kappa shape index (κ2) is 49.7. The Labute approximate surface area is 429 Å². The van der Waals surface area contributed by atoms with Gasteiger partial charge in [-0.2, -0.15) is 0 Å². The highest BCUT2D eigenvalue weighted by Gasteiger charge is 2.27. The molecule has 0 heterocycles. The summed E-state index contributed by atoms with van der Waals surface area (Å²) < 4.78 is 33.5. The third kappa shape index (κ3) is 43.9. The average molecular weight is 997 g/mol. The Hall–Kier alpha value is -2.89. The quantitative estimate of drug-likeness (QED) is 0.0325. The molecular weight excluding hydrogens is 887 g/mol. The van der Waals surface area contributed by atoms with Crippen molar-refractivity contribution in [1.82, 2.24) is 4.90 Å². The van der Waals surface area contributed by atoms with Crippen LogP contribution >= 0.6 is 0 Å². The molecular formula is C58H109NO11. The highest BCUT2D eigenvalue weighted by atomic mass is 16.7. The molecule has 0 aromatic heterocycles. The number of rotatable bonds is 51. The zero-order valence-electron chi connectivity index (χ0n) is 46.4.